The fourth-order valence-electron chi connectivity index (χ4n) is 2.07. The van der Waals surface area contributed by atoms with Crippen LogP contribution in [0.3, 0.4) is 0 Å². The molecule has 0 amide bonds. The highest BCUT2D eigenvalue weighted by Crippen LogP contribution is 2.35. The van der Waals surface area contributed by atoms with Crippen molar-refractivity contribution < 1.29 is 9.47 Å². The first-order valence-corrected chi connectivity index (χ1v) is 7.20. The van der Waals surface area contributed by atoms with Crippen LogP contribution >= 0.6 is 0 Å². The molecule has 0 saturated heterocycles. The summed E-state index contributed by atoms with van der Waals surface area (Å²) in [6.07, 6.45) is 8.78. The van der Waals surface area contributed by atoms with Crippen LogP contribution in [-0.4, -0.2) is 43.0 Å². The van der Waals surface area contributed by atoms with E-state index < -0.39 is 0 Å². The molecular formula is C14H25N3O2. The van der Waals surface area contributed by atoms with E-state index in [-0.39, 0.29) is 0 Å². The second-order valence-electron chi connectivity index (χ2n) is 5.01. The van der Waals surface area contributed by atoms with Crippen LogP contribution < -0.4 is 5.32 Å². The van der Waals surface area contributed by atoms with Crippen molar-refractivity contribution in [2.45, 2.75) is 38.3 Å². The van der Waals surface area contributed by atoms with Crippen LogP contribution in [0, 0.1) is 0 Å². The average molecular weight is 267 g/mol. The number of rotatable bonds is 11. The molecule has 0 aromatic carbocycles. The number of methoxy groups -OCH3 is 1. The third-order valence-corrected chi connectivity index (χ3v) is 3.32. The molecule has 2 rings (SSSR count). The van der Waals surface area contributed by atoms with Crippen molar-refractivity contribution in [3.05, 3.63) is 18.2 Å². The van der Waals surface area contributed by atoms with Crippen LogP contribution in [-0.2, 0) is 16.0 Å². The summed E-state index contributed by atoms with van der Waals surface area (Å²) in [5.74, 6) is 0. The fourth-order valence-corrected chi connectivity index (χ4v) is 2.07. The van der Waals surface area contributed by atoms with E-state index in [4.69, 9.17) is 9.47 Å². The second kappa shape index (κ2) is 8.30. The molecule has 19 heavy (non-hydrogen) atoms. The van der Waals surface area contributed by atoms with Gasteiger partial charge in [0.15, 0.2) is 0 Å². The minimum atomic E-state index is 0.684. The first kappa shape index (κ1) is 14.5. The number of hydrogen-bond acceptors (Lipinski definition) is 4. The highest BCUT2D eigenvalue weighted by molar-refractivity contribution is 5.03. The lowest BCUT2D eigenvalue weighted by molar-refractivity contribution is 0.0688. The molecule has 0 bridgehead atoms. The van der Waals surface area contributed by atoms with Crippen molar-refractivity contribution in [1.29, 1.82) is 0 Å². The summed E-state index contributed by atoms with van der Waals surface area (Å²) in [6.45, 7) is 4.16. The topological polar surface area (TPSA) is 48.3 Å². The number of nitrogens with one attached hydrogen (secondary N) is 1. The maximum Gasteiger partial charge on any atom is 0.0951 e. The van der Waals surface area contributed by atoms with E-state index in [1.807, 2.05) is 12.5 Å². The summed E-state index contributed by atoms with van der Waals surface area (Å²) >= 11 is 0. The van der Waals surface area contributed by atoms with Gasteiger partial charge in [-0.05, 0) is 32.2 Å². The van der Waals surface area contributed by atoms with Gasteiger partial charge in [-0.3, -0.25) is 0 Å². The SMILES string of the molecule is COCCOCCCCNCc1cncn1C1CC1. The van der Waals surface area contributed by atoms with Crippen LogP contribution in [0.15, 0.2) is 12.5 Å². The third kappa shape index (κ3) is 5.30. The molecule has 1 aliphatic carbocycles. The Bertz CT molecular complexity index is 350. The summed E-state index contributed by atoms with van der Waals surface area (Å²) in [4.78, 5) is 4.23. The second-order valence-corrected chi connectivity index (χ2v) is 5.01. The van der Waals surface area contributed by atoms with E-state index in [9.17, 15) is 0 Å². The molecule has 5 nitrogen and oxygen atoms in total. The summed E-state index contributed by atoms with van der Waals surface area (Å²) in [7, 11) is 1.69. The molecule has 1 aromatic heterocycles. The zero-order valence-electron chi connectivity index (χ0n) is 11.8. The molecular weight excluding hydrogens is 242 g/mol. The third-order valence-electron chi connectivity index (χ3n) is 3.32. The van der Waals surface area contributed by atoms with Crippen molar-refractivity contribution in [3.63, 3.8) is 0 Å². The number of ether oxygens (including phenoxy) is 2. The van der Waals surface area contributed by atoms with E-state index in [1.54, 1.807) is 7.11 Å². The van der Waals surface area contributed by atoms with Gasteiger partial charge in [0.05, 0.1) is 25.2 Å². The van der Waals surface area contributed by atoms with Crippen molar-refractivity contribution in [2.24, 2.45) is 0 Å². The molecule has 0 spiro atoms. The van der Waals surface area contributed by atoms with Gasteiger partial charge in [0.25, 0.3) is 0 Å². The number of imidazole rings is 1. The van der Waals surface area contributed by atoms with E-state index in [1.165, 1.54) is 18.5 Å². The van der Waals surface area contributed by atoms with Gasteiger partial charge in [0.1, 0.15) is 0 Å². The first-order valence-electron chi connectivity index (χ1n) is 7.20. The van der Waals surface area contributed by atoms with E-state index in [0.29, 0.717) is 19.3 Å². The van der Waals surface area contributed by atoms with Gasteiger partial charge in [-0.1, -0.05) is 0 Å². The van der Waals surface area contributed by atoms with Crippen LogP contribution in [0.5, 0.6) is 0 Å². The maximum absolute atomic E-state index is 5.42. The van der Waals surface area contributed by atoms with Crippen molar-refractivity contribution >= 4 is 0 Å². The average Bonchev–Trinajstić information content (AvgIpc) is 3.16. The van der Waals surface area contributed by atoms with Crippen LogP contribution in [0.1, 0.15) is 37.4 Å². The van der Waals surface area contributed by atoms with E-state index in [0.717, 1.165) is 32.5 Å². The van der Waals surface area contributed by atoms with Gasteiger partial charge >= 0.3 is 0 Å². The van der Waals surface area contributed by atoms with Gasteiger partial charge in [-0.15, -0.1) is 0 Å². The molecule has 1 aliphatic rings. The lowest BCUT2D eigenvalue weighted by atomic mass is 10.3. The molecule has 108 valence electrons. The van der Waals surface area contributed by atoms with Crippen LogP contribution in [0.25, 0.3) is 0 Å². The molecule has 5 heteroatoms. The minimum Gasteiger partial charge on any atom is -0.382 e. The standard InChI is InChI=1S/C14H25N3O2/c1-18-8-9-19-7-3-2-6-15-10-14-11-16-12-17(14)13-4-5-13/h11-13,15H,2-10H2,1H3. The molecule has 0 radical (unpaired) electrons. The Morgan fingerprint density at radius 2 is 2.21 bits per heavy atom. The highest BCUT2D eigenvalue weighted by Gasteiger charge is 2.24. The molecule has 1 fully saturated rings. The van der Waals surface area contributed by atoms with Gasteiger partial charge < -0.3 is 19.4 Å². The minimum absolute atomic E-state index is 0.684. The van der Waals surface area contributed by atoms with Crippen molar-refractivity contribution in [2.75, 3.05) is 33.5 Å². The predicted octanol–water partition coefficient (Wildman–Crippen LogP) is 1.75. The Kier molecular flexibility index (Phi) is 6.33. The van der Waals surface area contributed by atoms with E-state index >= 15 is 0 Å². The van der Waals surface area contributed by atoms with Crippen LogP contribution in [0.4, 0.5) is 0 Å². The van der Waals surface area contributed by atoms with Gasteiger partial charge in [0.2, 0.25) is 0 Å². The Hall–Kier alpha value is -0.910. The number of hydrogen-bond donors (Lipinski definition) is 1. The predicted molar refractivity (Wildman–Crippen MR) is 74.1 cm³/mol. The first-order chi connectivity index (χ1) is 9.42. The lowest BCUT2D eigenvalue weighted by Crippen LogP contribution is -2.17. The van der Waals surface area contributed by atoms with Crippen molar-refractivity contribution in [3.8, 4) is 0 Å². The van der Waals surface area contributed by atoms with Crippen molar-refractivity contribution in [1.82, 2.24) is 14.9 Å². The summed E-state index contributed by atoms with van der Waals surface area (Å²) in [6, 6.07) is 0.716. The number of unbranched alkanes of at least 4 members (excludes halogenated alkanes) is 1. The smallest absolute Gasteiger partial charge is 0.0951 e. The van der Waals surface area contributed by atoms with Gasteiger partial charge in [-0.2, -0.15) is 0 Å². The Labute approximate surface area is 115 Å². The molecule has 0 atom stereocenters. The molecule has 1 aromatic rings. The monoisotopic (exact) mass is 267 g/mol. The Balaban J connectivity index is 1.46. The zero-order valence-corrected chi connectivity index (χ0v) is 11.8. The zero-order chi connectivity index (χ0) is 13.3. The summed E-state index contributed by atoms with van der Waals surface area (Å²) in [5.41, 5.74) is 1.30. The molecule has 1 N–H and O–H groups in total. The lowest BCUT2D eigenvalue weighted by Gasteiger charge is -2.08. The van der Waals surface area contributed by atoms with Gasteiger partial charge in [-0.25, -0.2) is 4.98 Å². The van der Waals surface area contributed by atoms with Gasteiger partial charge in [0, 0.05) is 32.5 Å². The highest BCUT2D eigenvalue weighted by atomic mass is 16.5. The van der Waals surface area contributed by atoms with E-state index in [2.05, 4.69) is 14.9 Å². The molecule has 1 saturated carbocycles. The quantitative estimate of drug-likeness (QED) is 0.621. The van der Waals surface area contributed by atoms with Crippen LogP contribution in [0.2, 0.25) is 0 Å². The maximum atomic E-state index is 5.42. The summed E-state index contributed by atoms with van der Waals surface area (Å²) in [5, 5.41) is 3.47. The Morgan fingerprint density at radius 3 is 3.00 bits per heavy atom. The Morgan fingerprint density at radius 1 is 1.32 bits per heavy atom. The molecule has 0 aliphatic heterocycles. The molecule has 1 heterocycles. The number of nitrogens with zero attached hydrogens (tertiary/aromatic N) is 2. The fraction of sp³-hybridized carbons (Fsp3) is 0.786. The number of aromatic nitrogens is 2. The molecule has 0 unspecified atom stereocenters. The summed E-state index contributed by atoms with van der Waals surface area (Å²) < 4.78 is 12.6. The largest absolute Gasteiger partial charge is 0.382 e. The normalized spacial score (nSPS) is 15.0.